The molecule has 38 heavy (non-hydrogen) atoms. The van der Waals surface area contributed by atoms with Crippen molar-refractivity contribution < 1.29 is 13.9 Å². The van der Waals surface area contributed by atoms with E-state index in [4.69, 9.17) is 9.47 Å². The Hall–Kier alpha value is -4.38. The van der Waals surface area contributed by atoms with Gasteiger partial charge in [-0.1, -0.05) is 60.7 Å². The summed E-state index contributed by atoms with van der Waals surface area (Å²) in [4.78, 5) is 4.67. The van der Waals surface area contributed by atoms with Crippen molar-refractivity contribution in [2.24, 2.45) is 10.9 Å². The van der Waals surface area contributed by atoms with E-state index in [1.54, 1.807) is 25.3 Å². The molecule has 3 atom stereocenters. The van der Waals surface area contributed by atoms with Crippen molar-refractivity contribution in [2.75, 3.05) is 12.4 Å². The van der Waals surface area contributed by atoms with Crippen LogP contribution in [0.2, 0.25) is 0 Å². The molecule has 1 N–H and O–H groups in total. The van der Waals surface area contributed by atoms with Crippen LogP contribution in [-0.2, 0) is 6.61 Å². The number of halogens is 1. The van der Waals surface area contributed by atoms with Gasteiger partial charge in [-0.05, 0) is 71.5 Å². The van der Waals surface area contributed by atoms with Crippen LogP contribution in [0.5, 0.6) is 11.5 Å². The SMILES string of the molecule is COc1cc(C=Nc2ccc([C@@H]3Nc4ccccc4[C@@H]4C=CC[C@@H]43)cc2)ccc1OCc1ccccc1F. The predicted molar refractivity (Wildman–Crippen MR) is 150 cm³/mol. The number of hydrogen-bond acceptors (Lipinski definition) is 4. The van der Waals surface area contributed by atoms with Gasteiger partial charge >= 0.3 is 0 Å². The minimum absolute atomic E-state index is 0.127. The van der Waals surface area contributed by atoms with Gasteiger partial charge in [0.2, 0.25) is 0 Å². The van der Waals surface area contributed by atoms with Crippen molar-refractivity contribution in [3.63, 3.8) is 0 Å². The lowest BCUT2D eigenvalue weighted by atomic mass is 9.77. The fraction of sp³-hybridized carbons (Fsp3) is 0.182. The summed E-state index contributed by atoms with van der Waals surface area (Å²) in [5.41, 5.74) is 6.15. The minimum Gasteiger partial charge on any atom is -0.493 e. The molecule has 5 heteroatoms. The first-order valence-corrected chi connectivity index (χ1v) is 12.9. The molecule has 1 heterocycles. The summed E-state index contributed by atoms with van der Waals surface area (Å²) in [6, 6.07) is 29.6. The Kier molecular flexibility index (Phi) is 6.65. The van der Waals surface area contributed by atoms with Crippen molar-refractivity contribution in [3.05, 3.63) is 131 Å². The van der Waals surface area contributed by atoms with Gasteiger partial charge in [-0.2, -0.15) is 0 Å². The number of allylic oxidation sites excluding steroid dienone is 2. The van der Waals surface area contributed by atoms with E-state index in [-0.39, 0.29) is 18.5 Å². The Morgan fingerprint density at radius 3 is 2.61 bits per heavy atom. The molecule has 0 radical (unpaired) electrons. The van der Waals surface area contributed by atoms with Crippen molar-refractivity contribution in [1.82, 2.24) is 0 Å². The van der Waals surface area contributed by atoms with Gasteiger partial charge < -0.3 is 14.8 Å². The third-order valence-corrected chi connectivity index (χ3v) is 7.42. The van der Waals surface area contributed by atoms with Gasteiger partial charge in [-0.3, -0.25) is 4.99 Å². The molecule has 1 aliphatic carbocycles. The number of hydrogen-bond donors (Lipinski definition) is 1. The van der Waals surface area contributed by atoms with Crippen molar-refractivity contribution in [1.29, 1.82) is 0 Å². The molecule has 1 aliphatic heterocycles. The first-order chi connectivity index (χ1) is 18.7. The Morgan fingerprint density at radius 2 is 1.76 bits per heavy atom. The average molecular weight is 505 g/mol. The van der Waals surface area contributed by atoms with Crippen molar-refractivity contribution in [2.45, 2.75) is 25.0 Å². The van der Waals surface area contributed by atoms with Crippen LogP contribution in [0.3, 0.4) is 0 Å². The average Bonchev–Trinajstić information content (AvgIpc) is 3.46. The standard InChI is InChI=1S/C33H29FN2O2/c1-37-32-19-22(13-18-31(32)38-21-24-7-2-4-11-29(24)34)20-35-25-16-14-23(15-17-25)33-28-10-6-9-26(28)27-8-3-5-12-30(27)36-33/h2-9,11-20,26,28,33,36H,10,21H2,1H3/t26-,28-,33-/m0/s1. The Balaban J connectivity index is 1.15. The summed E-state index contributed by atoms with van der Waals surface area (Å²) in [6.07, 6.45) is 7.57. The molecule has 0 amide bonds. The maximum Gasteiger partial charge on any atom is 0.161 e. The van der Waals surface area contributed by atoms with E-state index in [0.29, 0.717) is 28.9 Å². The molecule has 6 rings (SSSR count). The number of para-hydroxylation sites is 1. The molecule has 0 saturated carbocycles. The number of methoxy groups -OCH3 is 1. The van der Waals surface area contributed by atoms with Gasteiger partial charge in [0.1, 0.15) is 12.4 Å². The molecule has 4 nitrogen and oxygen atoms in total. The molecule has 0 spiro atoms. The molecular formula is C33H29FN2O2. The van der Waals surface area contributed by atoms with Gasteiger partial charge in [-0.25, -0.2) is 4.39 Å². The fourth-order valence-electron chi connectivity index (χ4n) is 5.45. The summed E-state index contributed by atoms with van der Waals surface area (Å²) < 4.78 is 25.2. The Labute approximate surface area is 222 Å². The van der Waals surface area contributed by atoms with E-state index in [2.05, 4.69) is 71.0 Å². The predicted octanol–water partition coefficient (Wildman–Crippen LogP) is 7.99. The van der Waals surface area contributed by atoms with Gasteiger partial charge in [0.15, 0.2) is 11.5 Å². The van der Waals surface area contributed by atoms with Crippen molar-refractivity contribution >= 4 is 17.6 Å². The maximum absolute atomic E-state index is 13.9. The zero-order valence-corrected chi connectivity index (χ0v) is 21.2. The summed E-state index contributed by atoms with van der Waals surface area (Å²) in [7, 11) is 1.59. The zero-order valence-electron chi connectivity index (χ0n) is 21.2. The number of nitrogens with one attached hydrogen (secondary N) is 1. The molecule has 190 valence electrons. The minimum atomic E-state index is -0.287. The first-order valence-electron chi connectivity index (χ1n) is 12.9. The second-order valence-electron chi connectivity index (χ2n) is 9.70. The monoisotopic (exact) mass is 504 g/mol. The highest BCUT2D eigenvalue weighted by molar-refractivity contribution is 5.83. The lowest BCUT2D eigenvalue weighted by molar-refractivity contribution is 0.279. The largest absolute Gasteiger partial charge is 0.493 e. The second kappa shape index (κ2) is 10.5. The molecule has 0 aromatic heterocycles. The van der Waals surface area contributed by atoms with Crippen molar-refractivity contribution in [3.8, 4) is 11.5 Å². The first kappa shape index (κ1) is 24.0. The topological polar surface area (TPSA) is 42.8 Å². The van der Waals surface area contributed by atoms with Crippen LogP contribution in [0.4, 0.5) is 15.8 Å². The Bertz CT molecular complexity index is 1500. The summed E-state index contributed by atoms with van der Waals surface area (Å²) >= 11 is 0. The van der Waals surface area contributed by atoms with Crippen LogP contribution in [0, 0.1) is 11.7 Å². The van der Waals surface area contributed by atoms with Crippen LogP contribution >= 0.6 is 0 Å². The van der Waals surface area contributed by atoms with E-state index < -0.39 is 0 Å². The van der Waals surface area contributed by atoms with Crippen LogP contribution in [-0.4, -0.2) is 13.3 Å². The molecule has 4 aromatic carbocycles. The molecule has 4 aromatic rings. The highest BCUT2D eigenvalue weighted by atomic mass is 19.1. The number of rotatable bonds is 7. The third-order valence-electron chi connectivity index (χ3n) is 7.42. The molecule has 0 unspecified atom stereocenters. The molecular weight excluding hydrogens is 475 g/mol. The summed E-state index contributed by atoms with van der Waals surface area (Å²) in [5.74, 6) is 1.82. The highest BCUT2D eigenvalue weighted by Crippen LogP contribution is 2.49. The summed E-state index contributed by atoms with van der Waals surface area (Å²) in [5, 5.41) is 3.78. The van der Waals surface area contributed by atoms with Gasteiger partial charge in [0.05, 0.1) is 18.8 Å². The quantitative estimate of drug-likeness (QED) is 0.205. The smallest absolute Gasteiger partial charge is 0.161 e. The fourth-order valence-corrected chi connectivity index (χ4v) is 5.45. The molecule has 0 fully saturated rings. The van der Waals surface area contributed by atoms with E-state index in [1.807, 2.05) is 24.4 Å². The second-order valence-corrected chi connectivity index (χ2v) is 9.70. The maximum atomic E-state index is 13.9. The highest BCUT2D eigenvalue weighted by Gasteiger charge is 2.37. The van der Waals surface area contributed by atoms with Crippen LogP contribution < -0.4 is 14.8 Å². The number of benzene rings is 4. The molecule has 2 aliphatic rings. The molecule has 0 bridgehead atoms. The van der Waals surface area contributed by atoms with Gasteiger partial charge in [0.25, 0.3) is 0 Å². The lowest BCUT2D eigenvalue weighted by Crippen LogP contribution is -2.28. The van der Waals surface area contributed by atoms with E-state index in [0.717, 1.165) is 17.7 Å². The zero-order chi connectivity index (χ0) is 25.9. The Morgan fingerprint density at radius 1 is 0.947 bits per heavy atom. The van der Waals surface area contributed by atoms with Crippen LogP contribution in [0.1, 0.15) is 40.6 Å². The lowest BCUT2D eigenvalue weighted by Gasteiger charge is -2.37. The normalized spacial score (nSPS) is 19.6. The molecule has 0 saturated heterocycles. The van der Waals surface area contributed by atoms with Gasteiger partial charge in [-0.15, -0.1) is 0 Å². The van der Waals surface area contributed by atoms with Gasteiger partial charge in [0, 0.05) is 23.4 Å². The van der Waals surface area contributed by atoms with E-state index in [9.17, 15) is 4.39 Å². The number of fused-ring (bicyclic) bond motifs is 3. The van der Waals surface area contributed by atoms with Crippen LogP contribution in [0.25, 0.3) is 0 Å². The van der Waals surface area contributed by atoms with Crippen LogP contribution in [0.15, 0.2) is 108 Å². The number of aliphatic imine (C=N–C) groups is 1. The third kappa shape index (κ3) is 4.80. The number of anilines is 1. The number of nitrogens with zero attached hydrogens (tertiary/aromatic N) is 1. The van der Waals surface area contributed by atoms with E-state index in [1.165, 1.54) is 22.9 Å². The van der Waals surface area contributed by atoms with E-state index >= 15 is 0 Å². The summed E-state index contributed by atoms with van der Waals surface area (Å²) in [6.45, 7) is 0.127. The number of ether oxygens (including phenoxy) is 2.